The maximum Gasteiger partial charge on any atom is 0.227 e. The van der Waals surface area contributed by atoms with Gasteiger partial charge >= 0.3 is 0 Å². The normalized spacial score (nSPS) is 14.4. The summed E-state index contributed by atoms with van der Waals surface area (Å²) < 4.78 is 2.13. The molecule has 1 aliphatic rings. The van der Waals surface area contributed by atoms with E-state index in [4.69, 9.17) is 11.6 Å². The highest BCUT2D eigenvalue weighted by Gasteiger charge is 2.17. The first-order valence-corrected chi connectivity index (χ1v) is 10.3. The zero-order valence-electron chi connectivity index (χ0n) is 17.0. The van der Waals surface area contributed by atoms with E-state index >= 15 is 0 Å². The fraction of sp³-hybridized carbons (Fsp3) is 0.381. The van der Waals surface area contributed by atoms with Crippen LogP contribution in [-0.4, -0.2) is 45.7 Å². The Morgan fingerprint density at radius 1 is 1.07 bits per heavy atom. The van der Waals surface area contributed by atoms with Gasteiger partial charge in [0.15, 0.2) is 0 Å². The van der Waals surface area contributed by atoms with Crippen molar-refractivity contribution in [2.75, 3.05) is 36.4 Å². The zero-order chi connectivity index (χ0) is 20.4. The summed E-state index contributed by atoms with van der Waals surface area (Å²) in [5.74, 6) is 1.44. The summed E-state index contributed by atoms with van der Waals surface area (Å²) in [5.41, 5.74) is 3.73. The number of aromatic nitrogens is 4. The quantitative estimate of drug-likeness (QED) is 0.660. The molecule has 29 heavy (non-hydrogen) atoms. The number of imidazole rings is 1. The lowest BCUT2D eigenvalue weighted by molar-refractivity contribution is 0.587. The minimum atomic E-state index is 0.257. The lowest BCUT2D eigenvalue weighted by Gasteiger charge is -2.29. The smallest absolute Gasteiger partial charge is 0.227 e. The Kier molecular flexibility index (Phi) is 5.69. The summed E-state index contributed by atoms with van der Waals surface area (Å²) in [7, 11) is 0. The van der Waals surface area contributed by atoms with Crippen LogP contribution in [0.5, 0.6) is 0 Å². The number of hydrogen-bond acceptors (Lipinski definition) is 6. The molecule has 1 aromatic carbocycles. The number of halogens is 1. The van der Waals surface area contributed by atoms with Crippen LogP contribution >= 0.6 is 11.6 Å². The third kappa shape index (κ3) is 4.21. The average Bonchev–Trinajstić information content (AvgIpc) is 3.12. The van der Waals surface area contributed by atoms with Crippen LogP contribution in [0.3, 0.4) is 0 Å². The number of piperazine rings is 1. The van der Waals surface area contributed by atoms with Crippen molar-refractivity contribution in [1.82, 2.24) is 24.8 Å². The van der Waals surface area contributed by atoms with Crippen LogP contribution in [-0.2, 0) is 0 Å². The summed E-state index contributed by atoms with van der Waals surface area (Å²) in [5, 5.41) is 7.17. The monoisotopic (exact) mass is 411 g/mol. The van der Waals surface area contributed by atoms with E-state index in [2.05, 4.69) is 73.2 Å². The third-order valence-corrected chi connectivity index (χ3v) is 5.37. The van der Waals surface area contributed by atoms with Gasteiger partial charge in [-0.05, 0) is 45.0 Å². The third-order valence-electron chi connectivity index (χ3n) is 5.09. The van der Waals surface area contributed by atoms with E-state index in [9.17, 15) is 0 Å². The largest absolute Gasteiger partial charge is 0.369 e. The van der Waals surface area contributed by atoms with Crippen molar-refractivity contribution in [2.24, 2.45) is 0 Å². The van der Waals surface area contributed by atoms with E-state index < -0.39 is 0 Å². The van der Waals surface area contributed by atoms with Gasteiger partial charge in [0.2, 0.25) is 5.95 Å². The first-order valence-electron chi connectivity index (χ1n) is 9.92. The van der Waals surface area contributed by atoms with Gasteiger partial charge in [-0.15, -0.1) is 0 Å². The number of nitrogens with zero attached hydrogens (tertiary/aromatic N) is 5. The minimum absolute atomic E-state index is 0.257. The van der Waals surface area contributed by atoms with Gasteiger partial charge in [0.25, 0.3) is 0 Å². The molecule has 0 radical (unpaired) electrons. The molecule has 8 heteroatoms. The van der Waals surface area contributed by atoms with Gasteiger partial charge in [-0.2, -0.15) is 0 Å². The van der Waals surface area contributed by atoms with E-state index in [-0.39, 0.29) is 6.04 Å². The van der Waals surface area contributed by atoms with E-state index in [1.54, 1.807) is 6.20 Å². The van der Waals surface area contributed by atoms with Crippen molar-refractivity contribution in [3.05, 3.63) is 47.5 Å². The van der Waals surface area contributed by atoms with Gasteiger partial charge in [0.1, 0.15) is 11.5 Å². The summed E-state index contributed by atoms with van der Waals surface area (Å²) in [6, 6.07) is 8.62. The van der Waals surface area contributed by atoms with E-state index in [1.165, 1.54) is 5.69 Å². The molecule has 0 aliphatic carbocycles. The van der Waals surface area contributed by atoms with Crippen molar-refractivity contribution < 1.29 is 0 Å². The maximum atomic E-state index is 6.42. The molecule has 152 valence electrons. The molecule has 3 aromatic rings. The van der Waals surface area contributed by atoms with Gasteiger partial charge in [-0.25, -0.2) is 15.0 Å². The molecule has 0 spiro atoms. The molecule has 0 bridgehead atoms. The van der Waals surface area contributed by atoms with Gasteiger partial charge in [0, 0.05) is 43.6 Å². The van der Waals surface area contributed by atoms with Crippen LogP contribution in [0.1, 0.15) is 25.7 Å². The molecule has 1 aliphatic heterocycles. The minimum Gasteiger partial charge on any atom is -0.369 e. The second-order valence-corrected chi connectivity index (χ2v) is 7.86. The Labute approximate surface area is 176 Å². The van der Waals surface area contributed by atoms with Gasteiger partial charge in [-0.3, -0.25) is 0 Å². The highest BCUT2D eigenvalue weighted by Crippen LogP contribution is 2.30. The number of rotatable bonds is 5. The molecule has 4 rings (SSSR count). The summed E-state index contributed by atoms with van der Waals surface area (Å²) in [6.07, 6.45) is 3.45. The molecule has 0 saturated carbocycles. The Hall–Kier alpha value is -2.64. The van der Waals surface area contributed by atoms with Crippen LogP contribution in [0.15, 0.2) is 36.7 Å². The molecular weight excluding hydrogens is 386 g/mol. The molecule has 0 atom stereocenters. The molecule has 2 aromatic heterocycles. The predicted molar refractivity (Wildman–Crippen MR) is 118 cm³/mol. The number of aryl methyl sites for hydroxylation is 1. The first kappa shape index (κ1) is 19.7. The van der Waals surface area contributed by atoms with Crippen LogP contribution in [0, 0.1) is 6.92 Å². The van der Waals surface area contributed by atoms with Crippen LogP contribution in [0.25, 0.3) is 11.4 Å². The van der Waals surface area contributed by atoms with Crippen molar-refractivity contribution in [3.8, 4) is 11.4 Å². The molecular formula is C21H26ClN7. The fourth-order valence-electron chi connectivity index (χ4n) is 3.70. The number of benzene rings is 1. The van der Waals surface area contributed by atoms with Crippen LogP contribution in [0.4, 0.5) is 17.3 Å². The molecule has 3 heterocycles. The van der Waals surface area contributed by atoms with Gasteiger partial charge in [0.05, 0.1) is 23.1 Å². The zero-order valence-corrected chi connectivity index (χ0v) is 17.7. The second kappa shape index (κ2) is 8.39. The lowest BCUT2D eigenvalue weighted by Crippen LogP contribution is -2.43. The second-order valence-electron chi connectivity index (χ2n) is 7.45. The lowest BCUT2D eigenvalue weighted by atomic mass is 10.2. The first-order chi connectivity index (χ1) is 14.0. The van der Waals surface area contributed by atoms with Crippen molar-refractivity contribution >= 4 is 28.9 Å². The van der Waals surface area contributed by atoms with Crippen molar-refractivity contribution in [2.45, 2.75) is 26.8 Å². The number of nitrogens with one attached hydrogen (secondary N) is 2. The highest BCUT2D eigenvalue weighted by atomic mass is 35.5. The van der Waals surface area contributed by atoms with E-state index in [0.717, 1.165) is 43.4 Å². The summed E-state index contributed by atoms with van der Waals surface area (Å²) in [4.78, 5) is 15.8. The standard InChI is InChI=1S/C21H26ClN7/c1-14(2)29-15(3)24-13-19(29)20-18(22)12-25-21(27-20)26-16-4-6-17(7-5-16)28-10-8-23-9-11-28/h4-7,12-14,23H,8-11H2,1-3H3,(H,25,26,27). The molecule has 1 fully saturated rings. The molecule has 2 N–H and O–H groups in total. The Morgan fingerprint density at radius 3 is 2.48 bits per heavy atom. The summed E-state index contributed by atoms with van der Waals surface area (Å²) in [6.45, 7) is 10.3. The van der Waals surface area contributed by atoms with Crippen LogP contribution < -0.4 is 15.5 Å². The van der Waals surface area contributed by atoms with E-state index in [0.29, 0.717) is 16.7 Å². The number of anilines is 3. The predicted octanol–water partition coefficient (Wildman–Crippen LogP) is 4.04. The van der Waals surface area contributed by atoms with Crippen molar-refractivity contribution in [1.29, 1.82) is 0 Å². The van der Waals surface area contributed by atoms with Crippen molar-refractivity contribution in [3.63, 3.8) is 0 Å². The molecule has 0 unspecified atom stereocenters. The fourth-order valence-corrected chi connectivity index (χ4v) is 3.88. The molecule has 0 amide bonds. The van der Waals surface area contributed by atoms with Crippen LogP contribution in [0.2, 0.25) is 5.02 Å². The van der Waals surface area contributed by atoms with Gasteiger partial charge < -0.3 is 20.1 Å². The maximum absolute atomic E-state index is 6.42. The Morgan fingerprint density at radius 2 is 1.79 bits per heavy atom. The summed E-state index contributed by atoms with van der Waals surface area (Å²) >= 11 is 6.42. The Balaban J connectivity index is 1.57. The average molecular weight is 412 g/mol. The molecule has 1 saturated heterocycles. The number of hydrogen-bond donors (Lipinski definition) is 2. The van der Waals surface area contributed by atoms with Gasteiger partial charge in [-0.1, -0.05) is 11.6 Å². The SMILES string of the molecule is Cc1ncc(-c2nc(Nc3ccc(N4CCNCC4)cc3)ncc2Cl)n1C(C)C. The highest BCUT2D eigenvalue weighted by molar-refractivity contribution is 6.32. The topological polar surface area (TPSA) is 70.9 Å². The van der Waals surface area contributed by atoms with E-state index in [1.807, 2.05) is 13.1 Å². The molecule has 7 nitrogen and oxygen atoms in total. The Bertz CT molecular complexity index is 975.